The van der Waals surface area contributed by atoms with Crippen LogP contribution in [0, 0.1) is 0 Å². The van der Waals surface area contributed by atoms with E-state index >= 15 is 0 Å². The molecule has 144 valence electrons. The highest BCUT2D eigenvalue weighted by molar-refractivity contribution is 5.80. The van der Waals surface area contributed by atoms with E-state index in [9.17, 15) is 0 Å². The van der Waals surface area contributed by atoms with Gasteiger partial charge in [0, 0.05) is 32.8 Å². The number of nitrogens with zero attached hydrogens (tertiary/aromatic N) is 2. The zero-order chi connectivity index (χ0) is 18.2. The first-order valence-corrected chi connectivity index (χ1v) is 9.69. The molecule has 2 aliphatic heterocycles. The van der Waals surface area contributed by atoms with Crippen molar-refractivity contribution in [2.75, 3.05) is 46.5 Å². The molecule has 2 fully saturated rings. The molecule has 26 heavy (non-hydrogen) atoms. The Balaban J connectivity index is 1.56. The van der Waals surface area contributed by atoms with Crippen LogP contribution >= 0.6 is 0 Å². The highest BCUT2D eigenvalue weighted by atomic mass is 16.5. The lowest BCUT2D eigenvalue weighted by molar-refractivity contribution is -0.0817. The zero-order valence-electron chi connectivity index (χ0n) is 15.9. The minimum atomic E-state index is 0.150. The molecular formula is C20H31N3O3. The van der Waals surface area contributed by atoms with Crippen molar-refractivity contribution in [3.63, 3.8) is 0 Å². The fourth-order valence-electron chi connectivity index (χ4n) is 3.50. The minimum absolute atomic E-state index is 0.150. The van der Waals surface area contributed by atoms with Gasteiger partial charge in [0.15, 0.2) is 5.96 Å². The van der Waals surface area contributed by atoms with Crippen molar-refractivity contribution in [1.82, 2.24) is 10.2 Å². The molecule has 0 aromatic heterocycles. The Kier molecular flexibility index (Phi) is 7.14. The number of methoxy groups -OCH3 is 1. The molecule has 1 aromatic carbocycles. The first-order chi connectivity index (χ1) is 12.8. The van der Waals surface area contributed by atoms with Gasteiger partial charge >= 0.3 is 0 Å². The quantitative estimate of drug-likeness (QED) is 0.621. The molecule has 6 nitrogen and oxygen atoms in total. The average Bonchev–Trinajstić information content (AvgIpc) is 3.23. The molecule has 0 bridgehead atoms. The molecule has 0 spiro atoms. The number of aliphatic imine (C=N–C) groups is 1. The number of rotatable bonds is 6. The molecule has 2 unspecified atom stereocenters. The number of nitrogens with one attached hydrogen (secondary N) is 1. The van der Waals surface area contributed by atoms with Crippen molar-refractivity contribution >= 4 is 5.96 Å². The Hall–Kier alpha value is -1.79. The predicted octanol–water partition coefficient (Wildman–Crippen LogP) is 2.08. The van der Waals surface area contributed by atoms with E-state index in [-0.39, 0.29) is 12.2 Å². The number of guanidine groups is 1. The summed E-state index contributed by atoms with van der Waals surface area (Å²) in [5.74, 6) is 1.87. The third kappa shape index (κ3) is 5.11. The Bertz CT molecular complexity index is 570. The molecule has 2 atom stereocenters. The van der Waals surface area contributed by atoms with Gasteiger partial charge in [0.2, 0.25) is 0 Å². The third-order valence-corrected chi connectivity index (χ3v) is 4.93. The van der Waals surface area contributed by atoms with Crippen molar-refractivity contribution in [3.05, 3.63) is 29.8 Å². The molecule has 6 heteroatoms. The van der Waals surface area contributed by atoms with Gasteiger partial charge in [-0.25, -0.2) is 0 Å². The molecular weight excluding hydrogens is 330 g/mol. The summed E-state index contributed by atoms with van der Waals surface area (Å²) in [4.78, 5) is 7.15. The van der Waals surface area contributed by atoms with Crippen molar-refractivity contribution in [3.8, 4) is 5.75 Å². The summed E-state index contributed by atoms with van der Waals surface area (Å²) in [5.41, 5.74) is 1.27. The summed E-state index contributed by atoms with van der Waals surface area (Å²) in [6.45, 7) is 7.04. The molecule has 0 amide bonds. The van der Waals surface area contributed by atoms with Crippen molar-refractivity contribution in [2.45, 2.75) is 38.4 Å². The largest absolute Gasteiger partial charge is 0.497 e. The van der Waals surface area contributed by atoms with Crippen LogP contribution in [0.4, 0.5) is 0 Å². The first kappa shape index (κ1) is 19.0. The number of morpholine rings is 1. The van der Waals surface area contributed by atoms with Crippen LogP contribution in [0.15, 0.2) is 29.3 Å². The number of benzene rings is 1. The van der Waals surface area contributed by atoms with E-state index in [2.05, 4.69) is 29.3 Å². The van der Waals surface area contributed by atoms with Gasteiger partial charge in [-0.05, 0) is 43.9 Å². The SMILES string of the molecule is CCNC(=NCCc1ccc(OC)cc1)N1CCOC(C2CCCO2)C1. The summed E-state index contributed by atoms with van der Waals surface area (Å²) in [6.07, 6.45) is 3.54. The molecule has 2 saturated heterocycles. The van der Waals surface area contributed by atoms with Crippen LogP contribution in [0.5, 0.6) is 5.75 Å². The molecule has 0 saturated carbocycles. The molecule has 1 N–H and O–H groups in total. The van der Waals surface area contributed by atoms with E-state index in [1.54, 1.807) is 7.11 Å². The van der Waals surface area contributed by atoms with Gasteiger partial charge in [-0.3, -0.25) is 4.99 Å². The smallest absolute Gasteiger partial charge is 0.194 e. The standard InChI is InChI=1S/C20H31N3O3/c1-3-21-20(22-11-10-16-6-8-17(24-2)9-7-16)23-12-14-26-19(15-23)18-5-4-13-25-18/h6-9,18-19H,3-5,10-15H2,1-2H3,(H,21,22). The van der Waals surface area contributed by atoms with Crippen LogP contribution in [0.3, 0.4) is 0 Å². The number of ether oxygens (including phenoxy) is 3. The maximum Gasteiger partial charge on any atom is 0.194 e. The summed E-state index contributed by atoms with van der Waals surface area (Å²) >= 11 is 0. The zero-order valence-corrected chi connectivity index (χ0v) is 15.9. The lowest BCUT2D eigenvalue weighted by Gasteiger charge is -2.37. The Labute approximate surface area is 156 Å². The minimum Gasteiger partial charge on any atom is -0.497 e. The lowest BCUT2D eigenvalue weighted by Crippen LogP contribution is -2.53. The second kappa shape index (κ2) is 9.78. The molecule has 3 rings (SSSR count). The maximum atomic E-state index is 5.95. The van der Waals surface area contributed by atoms with Gasteiger partial charge in [-0.2, -0.15) is 0 Å². The van der Waals surface area contributed by atoms with Gasteiger partial charge in [-0.15, -0.1) is 0 Å². The fraction of sp³-hybridized carbons (Fsp3) is 0.650. The molecule has 0 radical (unpaired) electrons. The fourth-order valence-corrected chi connectivity index (χ4v) is 3.50. The second-order valence-corrected chi connectivity index (χ2v) is 6.74. The van der Waals surface area contributed by atoms with Gasteiger partial charge < -0.3 is 24.4 Å². The normalized spacial score (nSPS) is 23.9. The molecule has 0 aliphatic carbocycles. The highest BCUT2D eigenvalue weighted by Gasteiger charge is 2.32. The van der Waals surface area contributed by atoms with Gasteiger partial charge in [-0.1, -0.05) is 12.1 Å². The Morgan fingerprint density at radius 2 is 2.04 bits per heavy atom. The molecule has 2 aliphatic rings. The van der Waals surface area contributed by atoms with Crippen molar-refractivity contribution in [1.29, 1.82) is 0 Å². The second-order valence-electron chi connectivity index (χ2n) is 6.74. The summed E-state index contributed by atoms with van der Waals surface area (Å²) in [6, 6.07) is 8.20. The number of hydrogen-bond acceptors (Lipinski definition) is 4. The lowest BCUT2D eigenvalue weighted by atomic mass is 10.1. The van der Waals surface area contributed by atoms with Crippen LogP contribution in [0.1, 0.15) is 25.3 Å². The summed E-state index contributed by atoms with van der Waals surface area (Å²) < 4.78 is 17.0. The van der Waals surface area contributed by atoms with E-state index in [1.165, 1.54) is 5.56 Å². The van der Waals surface area contributed by atoms with Crippen LogP contribution in [-0.4, -0.2) is 69.6 Å². The average molecular weight is 361 g/mol. The molecule has 2 heterocycles. The van der Waals surface area contributed by atoms with E-state index in [0.717, 1.165) is 70.4 Å². The van der Waals surface area contributed by atoms with Crippen LogP contribution in [0.2, 0.25) is 0 Å². The first-order valence-electron chi connectivity index (χ1n) is 9.69. The van der Waals surface area contributed by atoms with E-state index in [4.69, 9.17) is 19.2 Å². The van der Waals surface area contributed by atoms with Crippen molar-refractivity contribution in [2.24, 2.45) is 4.99 Å². The van der Waals surface area contributed by atoms with Crippen LogP contribution < -0.4 is 10.1 Å². The maximum absolute atomic E-state index is 5.95. The molecule has 1 aromatic rings. The van der Waals surface area contributed by atoms with E-state index in [0.29, 0.717) is 0 Å². The van der Waals surface area contributed by atoms with E-state index < -0.39 is 0 Å². The van der Waals surface area contributed by atoms with Crippen molar-refractivity contribution < 1.29 is 14.2 Å². The topological polar surface area (TPSA) is 55.3 Å². The monoisotopic (exact) mass is 361 g/mol. The van der Waals surface area contributed by atoms with E-state index in [1.807, 2.05) is 12.1 Å². The highest BCUT2D eigenvalue weighted by Crippen LogP contribution is 2.21. The Morgan fingerprint density at radius 3 is 2.73 bits per heavy atom. The summed E-state index contributed by atoms with van der Waals surface area (Å²) in [7, 11) is 1.69. The Morgan fingerprint density at radius 1 is 1.23 bits per heavy atom. The van der Waals surface area contributed by atoms with Gasteiger partial charge in [0.25, 0.3) is 0 Å². The third-order valence-electron chi connectivity index (χ3n) is 4.93. The van der Waals surface area contributed by atoms with Crippen LogP contribution in [0.25, 0.3) is 0 Å². The van der Waals surface area contributed by atoms with Crippen LogP contribution in [-0.2, 0) is 15.9 Å². The summed E-state index contributed by atoms with van der Waals surface area (Å²) in [5, 5.41) is 3.43. The predicted molar refractivity (Wildman–Crippen MR) is 103 cm³/mol. The van der Waals surface area contributed by atoms with Gasteiger partial charge in [0.1, 0.15) is 11.9 Å². The van der Waals surface area contributed by atoms with Gasteiger partial charge in [0.05, 0.1) is 19.8 Å². The number of hydrogen-bond donors (Lipinski definition) is 1.